The summed E-state index contributed by atoms with van der Waals surface area (Å²) in [6.07, 6.45) is 6.19. The Morgan fingerprint density at radius 1 is 0.889 bits per heavy atom. The van der Waals surface area contributed by atoms with E-state index in [9.17, 15) is 9.59 Å². The Morgan fingerprint density at radius 2 is 1.69 bits per heavy atom. The second kappa shape index (κ2) is 10.2. The summed E-state index contributed by atoms with van der Waals surface area (Å²) in [6, 6.07) is 22.9. The quantitative estimate of drug-likeness (QED) is 0.308. The van der Waals surface area contributed by atoms with Crippen molar-refractivity contribution >= 4 is 22.5 Å². The van der Waals surface area contributed by atoms with Gasteiger partial charge in [0.25, 0.3) is 11.5 Å². The van der Waals surface area contributed by atoms with E-state index in [-0.39, 0.29) is 11.5 Å². The number of hydrogen-bond donors (Lipinski definition) is 3. The number of fused-ring (bicyclic) bond motifs is 1. The molecule has 0 bridgehead atoms. The number of carbonyl (C=O) groups is 1. The second-order valence-electron chi connectivity index (χ2n) is 8.68. The number of rotatable bonds is 7. The van der Waals surface area contributed by atoms with Crippen LogP contribution < -0.4 is 16.6 Å². The zero-order valence-electron chi connectivity index (χ0n) is 19.6. The lowest BCUT2D eigenvalue weighted by atomic mass is 10.0. The largest absolute Gasteiger partial charge is 0.397 e. The molecular formula is C29H25N5O2. The van der Waals surface area contributed by atoms with Crippen molar-refractivity contribution in [1.82, 2.24) is 20.3 Å². The Balaban J connectivity index is 1.22. The minimum absolute atomic E-state index is 0.0672. The van der Waals surface area contributed by atoms with E-state index < -0.39 is 0 Å². The Morgan fingerprint density at radius 3 is 2.50 bits per heavy atom. The highest BCUT2D eigenvalue weighted by Crippen LogP contribution is 2.19. The van der Waals surface area contributed by atoms with Gasteiger partial charge < -0.3 is 16.0 Å². The van der Waals surface area contributed by atoms with Crippen molar-refractivity contribution in [2.24, 2.45) is 0 Å². The van der Waals surface area contributed by atoms with Crippen LogP contribution in [0.25, 0.3) is 10.9 Å². The zero-order chi connectivity index (χ0) is 24.9. The van der Waals surface area contributed by atoms with Crippen LogP contribution in [0.4, 0.5) is 5.69 Å². The Bertz CT molecular complexity index is 1590. The zero-order valence-corrected chi connectivity index (χ0v) is 19.6. The van der Waals surface area contributed by atoms with E-state index in [1.54, 1.807) is 24.7 Å². The van der Waals surface area contributed by atoms with E-state index in [4.69, 9.17) is 5.73 Å². The van der Waals surface area contributed by atoms with E-state index in [1.807, 2.05) is 66.7 Å². The average Bonchev–Trinajstić information content (AvgIpc) is 2.90. The van der Waals surface area contributed by atoms with Crippen molar-refractivity contribution in [2.45, 2.75) is 19.4 Å². The number of nitrogens with zero attached hydrogens (tertiary/aromatic N) is 2. The lowest BCUT2D eigenvalue weighted by Crippen LogP contribution is -2.23. The first kappa shape index (κ1) is 23.0. The van der Waals surface area contributed by atoms with Crippen LogP contribution in [0, 0.1) is 0 Å². The number of amides is 1. The van der Waals surface area contributed by atoms with Crippen LogP contribution in [-0.4, -0.2) is 20.9 Å². The van der Waals surface area contributed by atoms with Gasteiger partial charge in [0.2, 0.25) is 0 Å². The molecule has 5 rings (SSSR count). The molecule has 0 atom stereocenters. The molecule has 36 heavy (non-hydrogen) atoms. The van der Waals surface area contributed by atoms with E-state index in [0.717, 1.165) is 38.9 Å². The minimum atomic E-state index is -0.172. The average molecular weight is 476 g/mol. The summed E-state index contributed by atoms with van der Waals surface area (Å²) in [4.78, 5) is 36.2. The maximum atomic E-state index is 12.8. The number of nitrogen functional groups attached to an aromatic ring is 1. The van der Waals surface area contributed by atoms with Crippen LogP contribution in [0.15, 0.2) is 96.2 Å². The van der Waals surface area contributed by atoms with Gasteiger partial charge in [-0.1, -0.05) is 42.5 Å². The molecule has 0 spiro atoms. The Labute approximate surface area is 208 Å². The predicted molar refractivity (Wildman–Crippen MR) is 141 cm³/mol. The molecule has 0 aliphatic heterocycles. The molecule has 7 heteroatoms. The van der Waals surface area contributed by atoms with Gasteiger partial charge in [-0.2, -0.15) is 0 Å². The van der Waals surface area contributed by atoms with E-state index in [0.29, 0.717) is 30.6 Å². The van der Waals surface area contributed by atoms with Crippen LogP contribution in [0.1, 0.15) is 38.3 Å². The lowest BCUT2D eigenvalue weighted by Gasteiger charge is -2.09. The number of hydrogen-bond acceptors (Lipinski definition) is 5. The van der Waals surface area contributed by atoms with Gasteiger partial charge >= 0.3 is 0 Å². The normalized spacial score (nSPS) is 10.9. The monoisotopic (exact) mass is 475 g/mol. The number of H-pyrrole nitrogens is 1. The number of para-hydroxylation sites is 1. The number of anilines is 1. The van der Waals surface area contributed by atoms with Crippen LogP contribution in [0.5, 0.6) is 0 Å². The number of nitrogens with two attached hydrogens (primary N) is 1. The number of aromatic amines is 1. The summed E-state index contributed by atoms with van der Waals surface area (Å²) in [7, 11) is 0. The second-order valence-corrected chi connectivity index (χ2v) is 8.68. The standard InChI is InChI=1S/C29H25N5O2/c30-26-5-1-3-22-14-21(17-33-27(22)26)18-34-29(36)24-10-12-31-25(16-24)15-20-8-6-19(7-9-20)13-23-4-2-11-32-28(23)35/h1-12,14,16-17H,13,15,18,30H2,(H,32,35)(H,34,36). The molecule has 5 aromatic rings. The first-order valence-corrected chi connectivity index (χ1v) is 11.7. The Kier molecular flexibility index (Phi) is 6.53. The van der Waals surface area contributed by atoms with Gasteiger partial charge in [0.1, 0.15) is 0 Å². The van der Waals surface area contributed by atoms with Gasteiger partial charge in [0, 0.05) is 60.2 Å². The highest BCUT2D eigenvalue weighted by Gasteiger charge is 2.09. The molecule has 0 fully saturated rings. The first-order chi connectivity index (χ1) is 17.5. The minimum Gasteiger partial charge on any atom is -0.397 e. The third-order valence-electron chi connectivity index (χ3n) is 6.03. The number of nitrogens with one attached hydrogen (secondary N) is 2. The first-order valence-electron chi connectivity index (χ1n) is 11.7. The van der Waals surface area contributed by atoms with E-state index in [2.05, 4.69) is 20.3 Å². The molecule has 0 saturated carbocycles. The maximum Gasteiger partial charge on any atom is 0.251 e. The number of pyridine rings is 3. The summed E-state index contributed by atoms with van der Waals surface area (Å²) in [5.41, 5.74) is 12.4. The van der Waals surface area contributed by atoms with Gasteiger partial charge in [-0.15, -0.1) is 0 Å². The molecular weight excluding hydrogens is 450 g/mol. The molecule has 7 nitrogen and oxygen atoms in total. The van der Waals surface area contributed by atoms with Crippen molar-refractivity contribution < 1.29 is 4.79 Å². The fourth-order valence-corrected chi connectivity index (χ4v) is 4.13. The molecule has 0 radical (unpaired) electrons. The third kappa shape index (κ3) is 5.31. The molecule has 4 N–H and O–H groups in total. The molecule has 1 amide bonds. The molecule has 0 unspecified atom stereocenters. The molecule has 3 aromatic heterocycles. The molecule has 178 valence electrons. The van der Waals surface area contributed by atoms with Gasteiger partial charge in [-0.05, 0) is 47.0 Å². The summed E-state index contributed by atoms with van der Waals surface area (Å²) in [6.45, 7) is 0.361. The third-order valence-corrected chi connectivity index (χ3v) is 6.03. The van der Waals surface area contributed by atoms with Crippen molar-refractivity contribution in [3.8, 4) is 0 Å². The van der Waals surface area contributed by atoms with Crippen molar-refractivity contribution in [3.63, 3.8) is 0 Å². The molecule has 0 aliphatic rings. The van der Waals surface area contributed by atoms with Crippen molar-refractivity contribution in [2.75, 3.05) is 5.73 Å². The molecule has 0 aliphatic carbocycles. The predicted octanol–water partition coefficient (Wildman–Crippen LogP) is 4.01. The summed E-state index contributed by atoms with van der Waals surface area (Å²) in [5, 5.41) is 3.89. The highest BCUT2D eigenvalue weighted by molar-refractivity contribution is 5.94. The van der Waals surface area contributed by atoms with Crippen LogP contribution in [0.3, 0.4) is 0 Å². The van der Waals surface area contributed by atoms with Gasteiger partial charge in [-0.25, -0.2) is 0 Å². The number of carbonyl (C=O) groups excluding carboxylic acids is 1. The highest BCUT2D eigenvalue weighted by atomic mass is 16.1. The number of aromatic nitrogens is 3. The SMILES string of the molecule is Nc1cccc2cc(CNC(=O)c3ccnc(Cc4ccc(Cc5ccc[nH]c5=O)cc4)c3)cnc12. The Hall–Kier alpha value is -4.78. The fraction of sp³-hybridized carbons (Fsp3) is 0.103. The van der Waals surface area contributed by atoms with E-state index >= 15 is 0 Å². The maximum absolute atomic E-state index is 12.8. The molecule has 0 saturated heterocycles. The van der Waals surface area contributed by atoms with Crippen LogP contribution in [0.2, 0.25) is 0 Å². The van der Waals surface area contributed by atoms with Crippen LogP contribution >= 0.6 is 0 Å². The molecule has 3 heterocycles. The van der Waals surface area contributed by atoms with Crippen LogP contribution in [-0.2, 0) is 19.4 Å². The smallest absolute Gasteiger partial charge is 0.251 e. The van der Waals surface area contributed by atoms with Gasteiger partial charge in [0.05, 0.1) is 11.2 Å². The summed E-state index contributed by atoms with van der Waals surface area (Å²) >= 11 is 0. The number of benzene rings is 2. The summed E-state index contributed by atoms with van der Waals surface area (Å²) in [5.74, 6) is -0.172. The van der Waals surface area contributed by atoms with E-state index in [1.165, 1.54) is 0 Å². The lowest BCUT2D eigenvalue weighted by molar-refractivity contribution is 0.0950. The van der Waals surface area contributed by atoms with Gasteiger partial charge in [0.15, 0.2) is 0 Å². The van der Waals surface area contributed by atoms with Gasteiger partial charge in [-0.3, -0.25) is 19.6 Å². The summed E-state index contributed by atoms with van der Waals surface area (Å²) < 4.78 is 0. The topological polar surface area (TPSA) is 114 Å². The van der Waals surface area contributed by atoms with Crippen molar-refractivity contribution in [3.05, 3.63) is 135 Å². The fourth-order valence-electron chi connectivity index (χ4n) is 4.13. The molecule has 2 aromatic carbocycles. The van der Waals surface area contributed by atoms with Crippen molar-refractivity contribution in [1.29, 1.82) is 0 Å².